The van der Waals surface area contributed by atoms with Gasteiger partial charge >= 0.3 is 0 Å². The Morgan fingerprint density at radius 3 is 2.78 bits per heavy atom. The van der Waals surface area contributed by atoms with E-state index in [1.54, 1.807) is 0 Å². The van der Waals surface area contributed by atoms with E-state index in [1.165, 1.54) is 12.8 Å². The second-order valence-electron chi connectivity index (χ2n) is 4.95. The fourth-order valence-electron chi connectivity index (χ4n) is 2.60. The standard InChI is InChI=1S/C12H19N3O2.ClH/c1-2-10(16-7-1)12-14-11(17-15-12)8-9-3-5-13-6-4-9;/h9-10,13H,1-8H2;1H. The average Bonchev–Trinajstić information content (AvgIpc) is 3.00. The van der Waals surface area contributed by atoms with E-state index in [0.29, 0.717) is 5.92 Å². The minimum absolute atomic E-state index is 0. The van der Waals surface area contributed by atoms with Gasteiger partial charge in [0.25, 0.3) is 0 Å². The van der Waals surface area contributed by atoms with E-state index in [2.05, 4.69) is 15.5 Å². The van der Waals surface area contributed by atoms with Crippen molar-refractivity contribution in [3.63, 3.8) is 0 Å². The molecule has 2 aliphatic rings. The largest absolute Gasteiger partial charge is 0.370 e. The maximum absolute atomic E-state index is 5.55. The maximum Gasteiger partial charge on any atom is 0.227 e. The van der Waals surface area contributed by atoms with E-state index in [9.17, 15) is 0 Å². The van der Waals surface area contributed by atoms with E-state index in [0.717, 1.165) is 50.7 Å². The molecule has 0 bridgehead atoms. The van der Waals surface area contributed by atoms with Gasteiger partial charge in [0, 0.05) is 13.0 Å². The van der Waals surface area contributed by atoms with E-state index in [-0.39, 0.29) is 18.5 Å². The van der Waals surface area contributed by atoms with Gasteiger partial charge in [-0.3, -0.25) is 0 Å². The van der Waals surface area contributed by atoms with Crippen LogP contribution in [0.5, 0.6) is 0 Å². The molecule has 0 saturated carbocycles. The van der Waals surface area contributed by atoms with Gasteiger partial charge in [0.05, 0.1) is 0 Å². The molecule has 1 aromatic heterocycles. The summed E-state index contributed by atoms with van der Waals surface area (Å²) in [7, 11) is 0. The van der Waals surface area contributed by atoms with Crippen LogP contribution in [0.1, 0.15) is 43.5 Å². The van der Waals surface area contributed by atoms with Crippen LogP contribution in [0.4, 0.5) is 0 Å². The summed E-state index contributed by atoms with van der Waals surface area (Å²) >= 11 is 0. The lowest BCUT2D eigenvalue weighted by atomic mass is 9.95. The summed E-state index contributed by atoms with van der Waals surface area (Å²) in [5.74, 6) is 2.21. The number of hydrogen-bond donors (Lipinski definition) is 1. The molecule has 3 heterocycles. The van der Waals surface area contributed by atoms with E-state index >= 15 is 0 Å². The zero-order valence-corrected chi connectivity index (χ0v) is 11.2. The normalized spacial score (nSPS) is 25.0. The van der Waals surface area contributed by atoms with Gasteiger partial charge in [-0.25, -0.2) is 0 Å². The molecule has 1 unspecified atom stereocenters. The summed E-state index contributed by atoms with van der Waals surface area (Å²) in [6.45, 7) is 3.04. The van der Waals surface area contributed by atoms with Gasteiger partial charge in [0.1, 0.15) is 6.10 Å². The number of aromatic nitrogens is 2. The number of halogens is 1. The Morgan fingerprint density at radius 2 is 2.06 bits per heavy atom. The quantitative estimate of drug-likeness (QED) is 0.911. The fraction of sp³-hybridized carbons (Fsp3) is 0.833. The Kier molecular flexibility index (Phi) is 4.97. The molecule has 2 saturated heterocycles. The highest BCUT2D eigenvalue weighted by Crippen LogP contribution is 2.26. The number of hydrogen-bond acceptors (Lipinski definition) is 5. The molecule has 0 aromatic carbocycles. The van der Waals surface area contributed by atoms with Crippen molar-refractivity contribution >= 4 is 12.4 Å². The summed E-state index contributed by atoms with van der Waals surface area (Å²) in [6.07, 6.45) is 5.52. The molecule has 1 N–H and O–H groups in total. The zero-order chi connectivity index (χ0) is 11.5. The van der Waals surface area contributed by atoms with Crippen LogP contribution in [0, 0.1) is 5.92 Å². The third-order valence-electron chi connectivity index (χ3n) is 3.62. The summed E-state index contributed by atoms with van der Waals surface area (Å²) in [6, 6.07) is 0. The molecule has 1 aromatic rings. The Bertz CT molecular complexity index is 360. The lowest BCUT2D eigenvalue weighted by molar-refractivity contribution is 0.103. The number of rotatable bonds is 3. The second-order valence-corrected chi connectivity index (χ2v) is 4.95. The highest BCUT2D eigenvalue weighted by atomic mass is 35.5. The molecule has 5 nitrogen and oxygen atoms in total. The molecule has 3 rings (SSSR count). The van der Waals surface area contributed by atoms with Crippen LogP contribution in [0.15, 0.2) is 4.52 Å². The van der Waals surface area contributed by atoms with Gasteiger partial charge in [-0.2, -0.15) is 4.98 Å². The first kappa shape index (κ1) is 13.8. The fourth-order valence-corrected chi connectivity index (χ4v) is 2.60. The van der Waals surface area contributed by atoms with Crippen LogP contribution < -0.4 is 5.32 Å². The molecule has 2 fully saturated rings. The van der Waals surface area contributed by atoms with Gasteiger partial charge in [-0.15, -0.1) is 12.4 Å². The van der Waals surface area contributed by atoms with Crippen LogP contribution in [-0.2, 0) is 11.2 Å². The minimum atomic E-state index is 0. The predicted octanol–water partition coefficient (Wildman–Crippen LogP) is 1.89. The van der Waals surface area contributed by atoms with Crippen molar-refractivity contribution in [3.8, 4) is 0 Å². The van der Waals surface area contributed by atoms with Gasteiger partial charge in [0.2, 0.25) is 11.7 Å². The van der Waals surface area contributed by atoms with E-state index in [1.807, 2.05) is 0 Å². The molecule has 0 spiro atoms. The molecule has 18 heavy (non-hydrogen) atoms. The number of ether oxygens (including phenoxy) is 1. The van der Waals surface area contributed by atoms with Crippen LogP contribution >= 0.6 is 12.4 Å². The van der Waals surface area contributed by atoms with Crippen LogP contribution in [0.25, 0.3) is 0 Å². The van der Waals surface area contributed by atoms with Gasteiger partial charge < -0.3 is 14.6 Å². The minimum Gasteiger partial charge on any atom is -0.370 e. The van der Waals surface area contributed by atoms with E-state index < -0.39 is 0 Å². The van der Waals surface area contributed by atoms with Crippen LogP contribution in [0.2, 0.25) is 0 Å². The monoisotopic (exact) mass is 273 g/mol. The Balaban J connectivity index is 0.00000120. The molecule has 102 valence electrons. The molecule has 0 radical (unpaired) electrons. The first-order valence-electron chi connectivity index (χ1n) is 6.56. The van der Waals surface area contributed by atoms with Gasteiger partial charge in [-0.1, -0.05) is 5.16 Å². The summed E-state index contributed by atoms with van der Waals surface area (Å²) < 4.78 is 10.9. The second kappa shape index (κ2) is 6.50. The van der Waals surface area contributed by atoms with Gasteiger partial charge in [0.15, 0.2) is 0 Å². The van der Waals surface area contributed by atoms with Gasteiger partial charge in [-0.05, 0) is 44.7 Å². The Morgan fingerprint density at radius 1 is 1.22 bits per heavy atom. The lowest BCUT2D eigenvalue weighted by Crippen LogP contribution is -2.28. The number of nitrogens with one attached hydrogen (secondary N) is 1. The molecule has 0 aliphatic carbocycles. The Labute approximate surface area is 113 Å². The molecular weight excluding hydrogens is 254 g/mol. The van der Waals surface area contributed by atoms with Crippen molar-refractivity contribution in [3.05, 3.63) is 11.7 Å². The predicted molar refractivity (Wildman–Crippen MR) is 68.8 cm³/mol. The highest BCUT2D eigenvalue weighted by Gasteiger charge is 2.24. The maximum atomic E-state index is 5.55. The Hall–Kier alpha value is -0.650. The summed E-state index contributed by atoms with van der Waals surface area (Å²) in [5, 5.41) is 7.40. The first-order valence-corrected chi connectivity index (χ1v) is 6.56. The van der Waals surface area contributed by atoms with Crippen molar-refractivity contribution < 1.29 is 9.26 Å². The van der Waals surface area contributed by atoms with Crippen LogP contribution in [0.3, 0.4) is 0 Å². The zero-order valence-electron chi connectivity index (χ0n) is 10.4. The summed E-state index contributed by atoms with van der Waals surface area (Å²) in [5.41, 5.74) is 0. The molecule has 6 heteroatoms. The van der Waals surface area contributed by atoms with Crippen molar-refractivity contribution in [1.29, 1.82) is 0 Å². The smallest absolute Gasteiger partial charge is 0.227 e. The topological polar surface area (TPSA) is 60.2 Å². The van der Waals surface area contributed by atoms with Crippen molar-refractivity contribution in [2.24, 2.45) is 5.92 Å². The SMILES string of the molecule is C1COC(c2noc(CC3CCNCC3)n2)C1.Cl. The lowest BCUT2D eigenvalue weighted by Gasteiger charge is -2.20. The molecule has 2 aliphatic heterocycles. The van der Waals surface area contributed by atoms with Crippen molar-refractivity contribution in [2.75, 3.05) is 19.7 Å². The first-order chi connectivity index (χ1) is 8.42. The summed E-state index contributed by atoms with van der Waals surface area (Å²) in [4.78, 5) is 4.46. The third-order valence-corrected chi connectivity index (χ3v) is 3.62. The molecule has 1 atom stereocenters. The van der Waals surface area contributed by atoms with Crippen molar-refractivity contribution in [2.45, 2.75) is 38.2 Å². The van der Waals surface area contributed by atoms with Crippen LogP contribution in [-0.4, -0.2) is 29.8 Å². The number of nitrogens with zero attached hydrogens (tertiary/aromatic N) is 2. The number of piperidine rings is 1. The van der Waals surface area contributed by atoms with Crippen molar-refractivity contribution in [1.82, 2.24) is 15.5 Å². The molecular formula is C12H20ClN3O2. The average molecular weight is 274 g/mol. The van der Waals surface area contributed by atoms with E-state index in [4.69, 9.17) is 9.26 Å². The third kappa shape index (κ3) is 3.22. The molecule has 0 amide bonds. The highest BCUT2D eigenvalue weighted by molar-refractivity contribution is 5.85.